The number of ether oxygens (including phenoxy) is 2. The number of aromatic nitrogens is 2. The fourth-order valence-corrected chi connectivity index (χ4v) is 3.31. The van der Waals surface area contributed by atoms with E-state index in [0.717, 1.165) is 5.75 Å². The van der Waals surface area contributed by atoms with Crippen LogP contribution >= 0.6 is 11.8 Å². The second-order valence-electron chi connectivity index (χ2n) is 5.04. The highest BCUT2D eigenvalue weighted by Crippen LogP contribution is 2.42. The van der Waals surface area contributed by atoms with E-state index >= 15 is 0 Å². The van der Waals surface area contributed by atoms with Crippen molar-refractivity contribution in [2.24, 2.45) is 0 Å². The normalized spacial score (nSPS) is 16.8. The van der Waals surface area contributed by atoms with Crippen LogP contribution in [0.5, 0.6) is 11.5 Å². The minimum absolute atomic E-state index is 0.121. The molecule has 7 nitrogen and oxygen atoms in total. The molecule has 10 heteroatoms. The number of nitrogens with one attached hydrogen (secondary N) is 1. The van der Waals surface area contributed by atoms with Crippen LogP contribution in [-0.4, -0.2) is 27.5 Å². The first kappa shape index (κ1) is 14.9. The van der Waals surface area contributed by atoms with Crippen LogP contribution in [0.3, 0.4) is 0 Å². The Bertz CT molecular complexity index is 915. The topological polar surface area (TPSA) is 82.4 Å². The highest BCUT2D eigenvalue weighted by Gasteiger charge is 2.43. The van der Waals surface area contributed by atoms with Crippen LogP contribution in [0.1, 0.15) is 10.4 Å². The van der Waals surface area contributed by atoms with E-state index in [1.807, 2.05) is 0 Å². The van der Waals surface area contributed by atoms with E-state index in [2.05, 4.69) is 19.8 Å². The van der Waals surface area contributed by atoms with Gasteiger partial charge in [-0.3, -0.25) is 14.2 Å². The summed E-state index contributed by atoms with van der Waals surface area (Å²) < 4.78 is 36.0. The maximum absolute atomic E-state index is 13.0. The van der Waals surface area contributed by atoms with Gasteiger partial charge in [0.2, 0.25) is 0 Å². The summed E-state index contributed by atoms with van der Waals surface area (Å²) >= 11 is 1.44. The molecule has 0 fully saturated rings. The Hall–Kier alpha value is -2.62. The third kappa shape index (κ3) is 2.48. The number of carbonyl (C=O) groups excluding carboxylic acids is 1. The lowest BCUT2D eigenvalue weighted by molar-refractivity contribution is -0.286. The summed E-state index contributed by atoms with van der Waals surface area (Å²) in [5, 5.41) is 3.04. The number of rotatable bonds is 2. The lowest BCUT2D eigenvalue weighted by atomic mass is 10.2. The number of carbonyl (C=O) groups is 1. The Balaban J connectivity index is 1.59. The van der Waals surface area contributed by atoms with Crippen molar-refractivity contribution >= 4 is 23.4 Å². The van der Waals surface area contributed by atoms with Gasteiger partial charge < -0.3 is 14.8 Å². The first-order chi connectivity index (χ1) is 11.4. The minimum atomic E-state index is -3.73. The highest BCUT2D eigenvalue weighted by atomic mass is 32.2. The van der Waals surface area contributed by atoms with Crippen LogP contribution in [-0.2, 0) is 6.54 Å². The molecule has 2 aliphatic rings. The van der Waals surface area contributed by atoms with E-state index in [4.69, 9.17) is 0 Å². The molecule has 0 atom stereocenters. The van der Waals surface area contributed by atoms with Crippen molar-refractivity contribution in [2.75, 3.05) is 11.1 Å². The van der Waals surface area contributed by atoms with Gasteiger partial charge >= 0.3 is 6.29 Å². The number of thioether (sulfide) groups is 1. The summed E-state index contributed by atoms with van der Waals surface area (Å²) in [6, 6.07) is 3.81. The quantitative estimate of drug-likeness (QED) is 0.831. The third-order valence-corrected chi connectivity index (χ3v) is 4.43. The zero-order valence-electron chi connectivity index (χ0n) is 11.9. The molecule has 1 N–H and O–H groups in total. The van der Waals surface area contributed by atoms with Crippen LogP contribution in [0.15, 0.2) is 34.3 Å². The van der Waals surface area contributed by atoms with Crippen LogP contribution in [0, 0.1) is 0 Å². The van der Waals surface area contributed by atoms with Crippen molar-refractivity contribution < 1.29 is 23.0 Å². The van der Waals surface area contributed by atoms with E-state index < -0.39 is 17.8 Å². The molecule has 0 saturated heterocycles. The van der Waals surface area contributed by atoms with Gasteiger partial charge in [-0.05, 0) is 12.1 Å². The number of nitrogens with zero attached hydrogens (tertiary/aromatic N) is 2. The molecule has 0 unspecified atom stereocenters. The van der Waals surface area contributed by atoms with E-state index in [0.29, 0.717) is 11.7 Å². The van der Waals surface area contributed by atoms with Crippen molar-refractivity contribution in [2.45, 2.75) is 18.0 Å². The standard InChI is InChI=1S/C14H9F2N3O4S/c15-14(16)22-9-2-1-7(5-10(9)23-14)18-11(20)8-6-17-13-19(12(8)21)3-4-24-13/h1-2,5-6H,3-4H2,(H,18,20). The highest BCUT2D eigenvalue weighted by molar-refractivity contribution is 7.99. The summed E-state index contributed by atoms with van der Waals surface area (Å²) in [6.07, 6.45) is -2.52. The molecule has 4 rings (SSSR count). The SMILES string of the molecule is O=C(Nc1ccc2c(c1)OC(F)(F)O2)c1cnc2n(c1=O)CCS2. The van der Waals surface area contributed by atoms with Crippen LogP contribution in [0.25, 0.3) is 0 Å². The molecule has 0 bridgehead atoms. The Labute approximate surface area is 137 Å². The molecule has 2 aromatic rings. The molecule has 0 saturated carbocycles. The van der Waals surface area contributed by atoms with Gasteiger partial charge in [0.1, 0.15) is 5.56 Å². The maximum Gasteiger partial charge on any atom is 0.586 e. The van der Waals surface area contributed by atoms with Gasteiger partial charge in [-0.25, -0.2) is 4.98 Å². The van der Waals surface area contributed by atoms with Crippen LogP contribution < -0.4 is 20.3 Å². The van der Waals surface area contributed by atoms with Crippen molar-refractivity contribution in [3.05, 3.63) is 40.3 Å². The van der Waals surface area contributed by atoms with Crippen molar-refractivity contribution in [3.63, 3.8) is 0 Å². The predicted molar refractivity (Wildman–Crippen MR) is 79.8 cm³/mol. The zero-order chi connectivity index (χ0) is 16.9. The number of alkyl halides is 2. The molecule has 24 heavy (non-hydrogen) atoms. The maximum atomic E-state index is 13.0. The van der Waals surface area contributed by atoms with E-state index in [9.17, 15) is 18.4 Å². The second kappa shape index (κ2) is 5.20. The summed E-state index contributed by atoms with van der Waals surface area (Å²) in [6.45, 7) is 0.492. The van der Waals surface area contributed by atoms with E-state index in [1.165, 1.54) is 40.7 Å². The average molecular weight is 353 g/mol. The van der Waals surface area contributed by atoms with E-state index in [-0.39, 0.29) is 22.7 Å². The lowest BCUT2D eigenvalue weighted by Gasteiger charge is -2.07. The second-order valence-corrected chi connectivity index (χ2v) is 6.10. The molecular weight excluding hydrogens is 344 g/mol. The van der Waals surface area contributed by atoms with Gasteiger partial charge in [-0.15, -0.1) is 8.78 Å². The number of amides is 1. The van der Waals surface area contributed by atoms with Gasteiger partial charge in [-0.2, -0.15) is 0 Å². The monoisotopic (exact) mass is 353 g/mol. The largest absolute Gasteiger partial charge is 0.586 e. The number of hydrogen-bond donors (Lipinski definition) is 1. The minimum Gasteiger partial charge on any atom is -0.395 e. The predicted octanol–water partition coefficient (Wildman–Crippen LogP) is 1.92. The fourth-order valence-electron chi connectivity index (χ4n) is 2.40. The molecule has 124 valence electrons. The number of anilines is 1. The summed E-state index contributed by atoms with van der Waals surface area (Å²) in [5.41, 5.74) is -0.363. The third-order valence-electron chi connectivity index (χ3n) is 3.46. The fraction of sp³-hybridized carbons (Fsp3) is 0.214. The van der Waals surface area contributed by atoms with Gasteiger partial charge in [-0.1, -0.05) is 11.8 Å². The van der Waals surface area contributed by atoms with E-state index in [1.54, 1.807) is 0 Å². The molecule has 0 radical (unpaired) electrons. The van der Waals surface area contributed by atoms with Crippen molar-refractivity contribution in [3.8, 4) is 11.5 Å². The van der Waals surface area contributed by atoms with Gasteiger partial charge in [0.25, 0.3) is 11.5 Å². The van der Waals surface area contributed by atoms with Crippen LogP contribution in [0.2, 0.25) is 0 Å². The van der Waals surface area contributed by atoms with Crippen molar-refractivity contribution in [1.82, 2.24) is 9.55 Å². The molecule has 2 aliphatic heterocycles. The smallest absolute Gasteiger partial charge is 0.395 e. The summed E-state index contributed by atoms with van der Waals surface area (Å²) in [7, 11) is 0. The Morgan fingerprint density at radius 3 is 2.96 bits per heavy atom. The first-order valence-corrected chi connectivity index (χ1v) is 7.85. The number of halogens is 2. The molecule has 1 aromatic carbocycles. The molecule has 0 spiro atoms. The zero-order valence-corrected chi connectivity index (χ0v) is 12.7. The average Bonchev–Trinajstić information content (AvgIpc) is 3.09. The first-order valence-electron chi connectivity index (χ1n) is 6.87. The van der Waals surface area contributed by atoms with Gasteiger partial charge in [0.05, 0.1) is 0 Å². The van der Waals surface area contributed by atoms with Gasteiger partial charge in [0.15, 0.2) is 16.7 Å². The molecular formula is C14H9F2N3O4S. The summed E-state index contributed by atoms with van der Waals surface area (Å²) in [5.74, 6) is -0.276. The molecule has 1 aromatic heterocycles. The Kier molecular flexibility index (Phi) is 3.23. The number of benzene rings is 1. The molecule has 1 amide bonds. The van der Waals surface area contributed by atoms with Crippen molar-refractivity contribution in [1.29, 1.82) is 0 Å². The molecule has 3 heterocycles. The molecule has 0 aliphatic carbocycles. The Morgan fingerprint density at radius 1 is 1.33 bits per heavy atom. The Morgan fingerprint density at radius 2 is 2.12 bits per heavy atom. The number of fused-ring (bicyclic) bond motifs is 2. The van der Waals surface area contributed by atoms with Crippen LogP contribution in [0.4, 0.5) is 14.5 Å². The lowest BCUT2D eigenvalue weighted by Crippen LogP contribution is -2.29. The van der Waals surface area contributed by atoms with Gasteiger partial charge in [0, 0.05) is 30.2 Å². The summed E-state index contributed by atoms with van der Waals surface area (Å²) in [4.78, 5) is 28.6. The number of hydrogen-bond acceptors (Lipinski definition) is 6.